The van der Waals surface area contributed by atoms with Crippen LogP contribution in [0, 0.1) is 26.9 Å². The van der Waals surface area contributed by atoms with Gasteiger partial charge in [-0.05, 0) is 16.9 Å². The summed E-state index contributed by atoms with van der Waals surface area (Å²) in [7, 11) is 0. The number of nitro groups is 1. The first-order valence-corrected chi connectivity index (χ1v) is 10.4. The van der Waals surface area contributed by atoms with Crippen LogP contribution in [-0.4, -0.2) is 27.4 Å². The highest BCUT2D eigenvalue weighted by molar-refractivity contribution is 7.15. The standard InChI is InChI=1S/C21H25NO6S/c1-20(2)7-11(23)17(12(24)8-20)19(15-5-6-16(29-15)22(27)28)18-13(25)9-21(3,4)10-14(18)26/h5-6,17,19,25H,7-10H2,1-4H3/t19-/m0/s1. The Kier molecular flexibility index (Phi) is 5.28. The number of carbonyl (C=O) groups is 3. The third-order valence-corrected chi connectivity index (χ3v) is 6.76. The molecule has 156 valence electrons. The smallest absolute Gasteiger partial charge is 0.324 e. The molecule has 0 aromatic carbocycles. The van der Waals surface area contributed by atoms with Crippen molar-refractivity contribution < 1.29 is 24.4 Å². The van der Waals surface area contributed by atoms with Crippen LogP contribution in [0.25, 0.3) is 0 Å². The van der Waals surface area contributed by atoms with E-state index in [-0.39, 0.29) is 59.4 Å². The Bertz CT molecular complexity index is 919. The topological polar surface area (TPSA) is 115 Å². The molecule has 0 unspecified atom stereocenters. The lowest BCUT2D eigenvalue weighted by atomic mass is 9.64. The molecule has 1 atom stereocenters. The quantitative estimate of drug-likeness (QED) is 0.436. The predicted molar refractivity (Wildman–Crippen MR) is 108 cm³/mol. The molecular formula is C21H25NO6S. The number of aliphatic hydroxyl groups is 1. The van der Waals surface area contributed by atoms with Crippen molar-refractivity contribution >= 4 is 33.7 Å². The summed E-state index contributed by atoms with van der Waals surface area (Å²) in [5.74, 6) is -3.10. The van der Waals surface area contributed by atoms with E-state index >= 15 is 0 Å². The fourth-order valence-corrected chi connectivity index (χ4v) is 5.48. The Balaban J connectivity index is 2.15. The van der Waals surface area contributed by atoms with Gasteiger partial charge in [-0.1, -0.05) is 39.0 Å². The summed E-state index contributed by atoms with van der Waals surface area (Å²) in [6.45, 7) is 7.41. The summed E-state index contributed by atoms with van der Waals surface area (Å²) in [5, 5.41) is 21.8. The number of hydrogen-bond acceptors (Lipinski definition) is 7. The number of Topliss-reactive ketones (excluding diaryl/α,β-unsaturated/α-hetero) is 3. The number of aliphatic hydroxyl groups excluding tert-OH is 1. The number of carbonyl (C=O) groups excluding carboxylic acids is 3. The normalized spacial score (nSPS) is 23.4. The van der Waals surface area contributed by atoms with E-state index in [9.17, 15) is 29.6 Å². The third kappa shape index (κ3) is 4.17. The van der Waals surface area contributed by atoms with Crippen molar-refractivity contribution in [3.63, 3.8) is 0 Å². The molecule has 1 N–H and O–H groups in total. The highest BCUT2D eigenvalue weighted by Crippen LogP contribution is 2.49. The van der Waals surface area contributed by atoms with Crippen LogP contribution in [0.2, 0.25) is 0 Å². The van der Waals surface area contributed by atoms with E-state index in [1.807, 2.05) is 27.7 Å². The van der Waals surface area contributed by atoms with Crippen LogP contribution in [-0.2, 0) is 14.4 Å². The molecule has 1 aromatic rings. The molecule has 7 nitrogen and oxygen atoms in total. The number of allylic oxidation sites excluding steroid dienone is 2. The zero-order valence-corrected chi connectivity index (χ0v) is 17.8. The van der Waals surface area contributed by atoms with Crippen LogP contribution in [0.3, 0.4) is 0 Å². The van der Waals surface area contributed by atoms with Crippen molar-refractivity contribution in [2.75, 3.05) is 0 Å². The first-order chi connectivity index (χ1) is 13.3. The van der Waals surface area contributed by atoms with E-state index in [1.54, 1.807) is 0 Å². The molecule has 1 saturated carbocycles. The molecule has 0 radical (unpaired) electrons. The van der Waals surface area contributed by atoms with Gasteiger partial charge in [0, 0.05) is 48.1 Å². The van der Waals surface area contributed by atoms with Crippen LogP contribution >= 0.6 is 11.3 Å². The number of rotatable bonds is 4. The van der Waals surface area contributed by atoms with Crippen LogP contribution in [0.4, 0.5) is 5.00 Å². The summed E-state index contributed by atoms with van der Waals surface area (Å²) in [6, 6.07) is 2.80. The lowest BCUT2D eigenvalue weighted by Gasteiger charge is -2.38. The number of hydrogen-bond donors (Lipinski definition) is 1. The van der Waals surface area contributed by atoms with E-state index in [0.717, 1.165) is 11.3 Å². The van der Waals surface area contributed by atoms with Gasteiger partial charge < -0.3 is 5.11 Å². The number of nitrogens with zero attached hydrogens (tertiary/aromatic N) is 1. The van der Waals surface area contributed by atoms with Crippen molar-refractivity contribution in [3.05, 3.63) is 38.5 Å². The van der Waals surface area contributed by atoms with Crippen molar-refractivity contribution in [1.29, 1.82) is 0 Å². The summed E-state index contributed by atoms with van der Waals surface area (Å²) >= 11 is 0.843. The molecule has 0 aliphatic heterocycles. The van der Waals surface area contributed by atoms with Crippen LogP contribution < -0.4 is 0 Å². The number of thiophene rings is 1. The second-order valence-electron chi connectivity index (χ2n) is 9.64. The number of ketones is 3. The van der Waals surface area contributed by atoms with Crippen molar-refractivity contribution in [3.8, 4) is 0 Å². The molecule has 0 amide bonds. The van der Waals surface area contributed by atoms with Crippen molar-refractivity contribution in [2.45, 2.75) is 59.3 Å². The van der Waals surface area contributed by atoms with Gasteiger partial charge in [-0.3, -0.25) is 24.5 Å². The highest BCUT2D eigenvalue weighted by atomic mass is 32.1. The molecule has 2 aliphatic rings. The van der Waals surface area contributed by atoms with Gasteiger partial charge in [-0.25, -0.2) is 0 Å². The van der Waals surface area contributed by atoms with Crippen molar-refractivity contribution in [2.24, 2.45) is 16.7 Å². The van der Waals surface area contributed by atoms with E-state index in [1.165, 1.54) is 12.1 Å². The fourth-order valence-electron chi connectivity index (χ4n) is 4.51. The van der Waals surface area contributed by atoms with Gasteiger partial charge in [0.2, 0.25) is 0 Å². The second kappa shape index (κ2) is 7.16. The van der Waals surface area contributed by atoms with Crippen molar-refractivity contribution in [1.82, 2.24) is 0 Å². The Morgan fingerprint density at radius 2 is 1.59 bits per heavy atom. The Morgan fingerprint density at radius 3 is 2.07 bits per heavy atom. The lowest BCUT2D eigenvalue weighted by molar-refractivity contribution is -0.380. The molecule has 0 spiro atoms. The Hall–Kier alpha value is -2.35. The van der Waals surface area contributed by atoms with Gasteiger partial charge in [-0.2, -0.15) is 0 Å². The molecule has 8 heteroatoms. The maximum atomic E-state index is 13.0. The molecule has 3 rings (SSSR count). The Morgan fingerprint density at radius 1 is 1.03 bits per heavy atom. The minimum Gasteiger partial charge on any atom is -0.512 e. The first kappa shape index (κ1) is 21.4. The molecule has 0 bridgehead atoms. The van der Waals surface area contributed by atoms with E-state index in [0.29, 0.717) is 4.88 Å². The predicted octanol–water partition coefficient (Wildman–Crippen LogP) is 4.52. The summed E-state index contributed by atoms with van der Waals surface area (Å²) < 4.78 is 0. The maximum Gasteiger partial charge on any atom is 0.324 e. The lowest BCUT2D eigenvalue weighted by Crippen LogP contribution is -2.42. The van der Waals surface area contributed by atoms with E-state index in [4.69, 9.17) is 0 Å². The monoisotopic (exact) mass is 419 g/mol. The highest BCUT2D eigenvalue weighted by Gasteiger charge is 2.49. The zero-order valence-electron chi connectivity index (χ0n) is 17.0. The van der Waals surface area contributed by atoms with Crippen LogP contribution in [0.1, 0.15) is 64.2 Å². The van der Waals surface area contributed by atoms with Gasteiger partial charge in [-0.15, -0.1) is 0 Å². The van der Waals surface area contributed by atoms with E-state index in [2.05, 4.69) is 0 Å². The second-order valence-corrected chi connectivity index (χ2v) is 10.7. The average molecular weight is 419 g/mol. The van der Waals surface area contributed by atoms with Crippen LogP contribution in [0.5, 0.6) is 0 Å². The molecule has 2 aliphatic carbocycles. The van der Waals surface area contributed by atoms with E-state index < -0.39 is 27.6 Å². The largest absolute Gasteiger partial charge is 0.512 e. The molecule has 1 aromatic heterocycles. The molecule has 1 heterocycles. The molecule has 0 saturated heterocycles. The molecule has 1 fully saturated rings. The SMILES string of the molecule is CC1(C)CC(=O)C([C@@H](C2=C(O)CC(C)(C)CC2=O)c2ccc([N+](=O)[O-])s2)C(=O)C1. The van der Waals surface area contributed by atoms with Gasteiger partial charge in [0.25, 0.3) is 0 Å². The zero-order chi connectivity index (χ0) is 21.7. The average Bonchev–Trinajstić information content (AvgIpc) is 2.99. The first-order valence-electron chi connectivity index (χ1n) is 9.56. The third-order valence-electron chi connectivity index (χ3n) is 5.64. The van der Waals surface area contributed by atoms with Gasteiger partial charge in [0.05, 0.1) is 10.8 Å². The maximum absolute atomic E-state index is 13.0. The summed E-state index contributed by atoms with van der Waals surface area (Å²) in [5.41, 5.74) is -0.835. The summed E-state index contributed by atoms with van der Waals surface area (Å²) in [4.78, 5) is 50.0. The molecule has 29 heavy (non-hydrogen) atoms. The Labute approximate surface area is 173 Å². The molecular weight excluding hydrogens is 394 g/mol. The fraction of sp³-hybridized carbons (Fsp3) is 0.571. The van der Waals surface area contributed by atoms with Gasteiger partial charge in [0.15, 0.2) is 5.78 Å². The minimum atomic E-state index is -1.11. The van der Waals surface area contributed by atoms with Crippen LogP contribution in [0.15, 0.2) is 23.5 Å². The van der Waals surface area contributed by atoms with Gasteiger partial charge >= 0.3 is 5.00 Å². The van der Waals surface area contributed by atoms with Gasteiger partial charge in [0.1, 0.15) is 17.3 Å². The summed E-state index contributed by atoms with van der Waals surface area (Å²) in [6.07, 6.45) is 0.789. The minimum absolute atomic E-state index is 0.0625.